The van der Waals surface area contributed by atoms with Crippen LogP contribution in [0.2, 0.25) is 0 Å². The van der Waals surface area contributed by atoms with Gasteiger partial charge in [0.1, 0.15) is 0 Å². The Bertz CT molecular complexity index is 776. The lowest BCUT2D eigenvalue weighted by Crippen LogP contribution is -1.85. The second-order valence-electron chi connectivity index (χ2n) is 4.25. The van der Waals surface area contributed by atoms with Crippen LogP contribution in [-0.4, -0.2) is 0 Å². The zero-order valence-corrected chi connectivity index (χ0v) is 13.0. The summed E-state index contributed by atoms with van der Waals surface area (Å²) < 4.78 is 1.09. The van der Waals surface area contributed by atoms with Crippen molar-refractivity contribution in [2.45, 2.75) is 0 Å². The van der Waals surface area contributed by atoms with Gasteiger partial charge in [-0.05, 0) is 34.7 Å². The summed E-state index contributed by atoms with van der Waals surface area (Å²) in [5.74, 6) is 6.50. The van der Waals surface area contributed by atoms with E-state index >= 15 is 0 Å². The van der Waals surface area contributed by atoms with Crippen LogP contribution in [0.4, 0.5) is 0 Å². The molecule has 0 N–H and O–H groups in total. The van der Waals surface area contributed by atoms with Crippen molar-refractivity contribution in [2.24, 2.45) is 0 Å². The third-order valence-corrected chi connectivity index (χ3v) is 4.41. The maximum Gasteiger partial charge on any atom is 0.0772 e. The Morgan fingerprint density at radius 1 is 0.750 bits per heavy atom. The molecule has 3 aromatic rings. The van der Waals surface area contributed by atoms with Gasteiger partial charge < -0.3 is 0 Å². The number of hydrogen-bond acceptors (Lipinski definition) is 1. The van der Waals surface area contributed by atoms with Gasteiger partial charge in [-0.25, -0.2) is 0 Å². The van der Waals surface area contributed by atoms with E-state index in [9.17, 15) is 0 Å². The van der Waals surface area contributed by atoms with Gasteiger partial charge in [0.2, 0.25) is 0 Å². The predicted octanol–water partition coefficient (Wildman–Crippen LogP) is 5.58. The molecule has 0 aliphatic rings. The van der Waals surface area contributed by atoms with Crippen molar-refractivity contribution in [3.05, 3.63) is 81.0 Å². The minimum Gasteiger partial charge on any atom is -0.135 e. The van der Waals surface area contributed by atoms with Gasteiger partial charge in [0.05, 0.1) is 4.88 Å². The maximum atomic E-state index is 3.61. The van der Waals surface area contributed by atoms with Crippen LogP contribution in [0.1, 0.15) is 10.4 Å². The molecule has 3 rings (SSSR count). The van der Waals surface area contributed by atoms with Gasteiger partial charge in [0.25, 0.3) is 0 Å². The molecule has 2 heteroatoms. The van der Waals surface area contributed by atoms with Crippen molar-refractivity contribution in [3.63, 3.8) is 0 Å². The smallest absolute Gasteiger partial charge is 0.0772 e. The summed E-state index contributed by atoms with van der Waals surface area (Å²) in [5, 5.41) is 2.05. The Balaban J connectivity index is 2.08. The molecule has 96 valence electrons. The molecule has 0 amide bonds. The van der Waals surface area contributed by atoms with E-state index in [4.69, 9.17) is 0 Å². The summed E-state index contributed by atoms with van der Waals surface area (Å²) in [6.45, 7) is 0. The summed E-state index contributed by atoms with van der Waals surface area (Å²) in [5.41, 5.74) is 3.38. The number of rotatable bonds is 1. The molecule has 0 unspecified atom stereocenters. The van der Waals surface area contributed by atoms with Crippen LogP contribution >= 0.6 is 27.3 Å². The summed E-state index contributed by atoms with van der Waals surface area (Å²) >= 11 is 5.27. The van der Waals surface area contributed by atoms with Gasteiger partial charge in [-0.1, -0.05) is 70.2 Å². The van der Waals surface area contributed by atoms with Crippen molar-refractivity contribution in [3.8, 4) is 23.0 Å². The number of benzene rings is 2. The lowest BCUT2D eigenvalue weighted by molar-refractivity contribution is 1.56. The third kappa shape index (κ3) is 2.85. The molecular weight excluding hydrogens is 328 g/mol. The SMILES string of the molecule is Brc1ccccc1-c1ccccc1C#Cc1cccs1. The molecule has 0 saturated heterocycles. The average molecular weight is 339 g/mol. The van der Waals surface area contributed by atoms with E-state index < -0.39 is 0 Å². The van der Waals surface area contributed by atoms with Crippen LogP contribution in [0, 0.1) is 11.8 Å². The molecule has 20 heavy (non-hydrogen) atoms. The van der Waals surface area contributed by atoms with Crippen LogP contribution in [-0.2, 0) is 0 Å². The van der Waals surface area contributed by atoms with Crippen LogP contribution in [0.5, 0.6) is 0 Å². The zero-order chi connectivity index (χ0) is 13.8. The molecule has 0 radical (unpaired) electrons. The largest absolute Gasteiger partial charge is 0.135 e. The van der Waals surface area contributed by atoms with E-state index in [-0.39, 0.29) is 0 Å². The van der Waals surface area contributed by atoms with Crippen molar-refractivity contribution >= 4 is 27.3 Å². The van der Waals surface area contributed by atoms with Crippen LogP contribution < -0.4 is 0 Å². The van der Waals surface area contributed by atoms with Crippen molar-refractivity contribution in [1.29, 1.82) is 0 Å². The Morgan fingerprint density at radius 3 is 2.25 bits per heavy atom. The average Bonchev–Trinajstić information content (AvgIpc) is 2.99. The van der Waals surface area contributed by atoms with Gasteiger partial charge in [-0.15, -0.1) is 11.3 Å². The van der Waals surface area contributed by atoms with Gasteiger partial charge in [0, 0.05) is 10.0 Å². The molecule has 0 nitrogen and oxygen atoms in total. The highest BCUT2D eigenvalue weighted by Crippen LogP contribution is 2.30. The molecular formula is C18H11BrS. The van der Waals surface area contributed by atoms with E-state index in [1.54, 1.807) is 11.3 Å². The first kappa shape index (κ1) is 13.2. The fraction of sp³-hybridized carbons (Fsp3) is 0. The number of halogens is 1. The molecule has 2 aromatic carbocycles. The van der Waals surface area contributed by atoms with Crippen LogP contribution in [0.3, 0.4) is 0 Å². The van der Waals surface area contributed by atoms with Crippen molar-refractivity contribution in [1.82, 2.24) is 0 Å². The first-order valence-corrected chi connectivity index (χ1v) is 7.91. The fourth-order valence-electron chi connectivity index (χ4n) is 1.99. The molecule has 0 bridgehead atoms. The summed E-state index contributed by atoms with van der Waals surface area (Å²) in [6.07, 6.45) is 0. The summed E-state index contributed by atoms with van der Waals surface area (Å²) in [4.78, 5) is 1.09. The number of thiophene rings is 1. The van der Waals surface area contributed by atoms with E-state index in [1.807, 2.05) is 41.8 Å². The van der Waals surface area contributed by atoms with Gasteiger partial charge in [-0.2, -0.15) is 0 Å². The van der Waals surface area contributed by atoms with E-state index in [0.29, 0.717) is 0 Å². The Morgan fingerprint density at radius 2 is 1.50 bits per heavy atom. The van der Waals surface area contributed by atoms with E-state index in [2.05, 4.69) is 52.0 Å². The summed E-state index contributed by atoms with van der Waals surface area (Å²) in [6, 6.07) is 20.5. The quantitative estimate of drug-likeness (QED) is 0.508. The molecule has 0 atom stereocenters. The first-order valence-electron chi connectivity index (χ1n) is 6.24. The standard InChI is InChI=1S/C18H11BrS/c19-18-10-4-3-9-17(18)16-8-2-1-6-14(16)11-12-15-7-5-13-20-15/h1-10,13H. The second kappa shape index (κ2) is 6.09. The van der Waals surface area contributed by atoms with E-state index in [0.717, 1.165) is 20.5 Å². The fourth-order valence-corrected chi connectivity index (χ4v) is 3.05. The van der Waals surface area contributed by atoms with Gasteiger partial charge >= 0.3 is 0 Å². The predicted molar refractivity (Wildman–Crippen MR) is 89.9 cm³/mol. The Labute approximate surface area is 131 Å². The molecule has 0 spiro atoms. The molecule has 0 saturated carbocycles. The normalized spacial score (nSPS) is 9.85. The minimum absolute atomic E-state index is 1.05. The lowest BCUT2D eigenvalue weighted by Gasteiger charge is -2.06. The Kier molecular flexibility index (Phi) is 4.01. The van der Waals surface area contributed by atoms with Gasteiger partial charge in [0.15, 0.2) is 0 Å². The summed E-state index contributed by atoms with van der Waals surface area (Å²) in [7, 11) is 0. The monoisotopic (exact) mass is 338 g/mol. The minimum atomic E-state index is 1.05. The zero-order valence-electron chi connectivity index (χ0n) is 10.6. The van der Waals surface area contributed by atoms with Gasteiger partial charge in [-0.3, -0.25) is 0 Å². The molecule has 1 aromatic heterocycles. The van der Waals surface area contributed by atoms with Crippen LogP contribution in [0.15, 0.2) is 70.5 Å². The van der Waals surface area contributed by atoms with Crippen molar-refractivity contribution in [2.75, 3.05) is 0 Å². The van der Waals surface area contributed by atoms with Crippen molar-refractivity contribution < 1.29 is 0 Å². The van der Waals surface area contributed by atoms with E-state index in [1.165, 1.54) is 5.56 Å². The molecule has 0 aliphatic heterocycles. The third-order valence-electron chi connectivity index (χ3n) is 2.93. The van der Waals surface area contributed by atoms with Crippen LogP contribution in [0.25, 0.3) is 11.1 Å². The number of hydrogen-bond donors (Lipinski definition) is 0. The lowest BCUT2D eigenvalue weighted by atomic mass is 10.00. The highest BCUT2D eigenvalue weighted by Gasteiger charge is 2.05. The topological polar surface area (TPSA) is 0 Å². The first-order chi connectivity index (χ1) is 9.84. The molecule has 1 heterocycles. The maximum absolute atomic E-state index is 3.61. The highest BCUT2D eigenvalue weighted by atomic mass is 79.9. The second-order valence-corrected chi connectivity index (χ2v) is 6.05. The molecule has 0 fully saturated rings. The Hall–Kier alpha value is -1.82. The molecule has 0 aliphatic carbocycles. The highest BCUT2D eigenvalue weighted by molar-refractivity contribution is 9.10.